The number of nitrogens with zero attached hydrogens (tertiary/aromatic N) is 5. The number of hydrogen-bond donors (Lipinski definition) is 2. The number of nitrogens with one attached hydrogen (secondary N) is 2. The first-order valence-electron chi connectivity index (χ1n) is 12.5. The van der Waals surface area contributed by atoms with E-state index in [4.69, 9.17) is 0 Å². The number of methoxy groups -OCH3 is 1. The number of thioether (sulfide) groups is 1. The highest BCUT2D eigenvalue weighted by Crippen LogP contribution is 2.31. The maximum atomic E-state index is 13.9. The molecule has 1 aliphatic heterocycles. The third-order valence-corrected chi connectivity index (χ3v) is 7.64. The summed E-state index contributed by atoms with van der Waals surface area (Å²) in [6, 6.07) is 8.34. The Bertz CT molecular complexity index is 1330. The lowest BCUT2D eigenvalue weighted by Gasteiger charge is -2.35. The van der Waals surface area contributed by atoms with E-state index < -0.39 is 18.6 Å². The number of imidazole rings is 1. The van der Waals surface area contributed by atoms with E-state index in [9.17, 15) is 18.4 Å². The fourth-order valence-corrected chi connectivity index (χ4v) is 5.64. The molecule has 0 radical (unpaired) electrons. The number of ether oxygens (including phenoxy) is 1. The van der Waals surface area contributed by atoms with Gasteiger partial charge in [-0.25, -0.2) is 28.5 Å². The second-order valence-electron chi connectivity index (χ2n) is 9.35. The summed E-state index contributed by atoms with van der Waals surface area (Å²) in [5.41, 5.74) is 1.02. The van der Waals surface area contributed by atoms with Gasteiger partial charge in [-0.15, -0.1) is 0 Å². The van der Waals surface area contributed by atoms with Gasteiger partial charge in [0.2, 0.25) is 5.91 Å². The molecular formula is C25H29F2N7O3S. The minimum Gasteiger partial charge on any atom is -0.453 e. The van der Waals surface area contributed by atoms with Crippen LogP contribution in [0.4, 0.5) is 19.4 Å². The second-order valence-corrected chi connectivity index (χ2v) is 10.1. The quantitative estimate of drug-likeness (QED) is 0.336. The lowest BCUT2D eigenvalue weighted by molar-refractivity contribution is -0.131. The first-order chi connectivity index (χ1) is 18.4. The van der Waals surface area contributed by atoms with E-state index in [1.807, 2.05) is 11.2 Å². The summed E-state index contributed by atoms with van der Waals surface area (Å²) in [5.74, 6) is 0.453. The van der Waals surface area contributed by atoms with Crippen molar-refractivity contribution in [2.24, 2.45) is 0 Å². The van der Waals surface area contributed by atoms with E-state index in [0.717, 1.165) is 25.7 Å². The maximum Gasteiger partial charge on any atom is 0.407 e. The Labute approximate surface area is 222 Å². The van der Waals surface area contributed by atoms with Gasteiger partial charge in [0.05, 0.1) is 18.1 Å². The second kappa shape index (κ2) is 11.1. The summed E-state index contributed by atoms with van der Waals surface area (Å²) < 4.78 is 33.8. The molecule has 2 fully saturated rings. The van der Waals surface area contributed by atoms with Crippen molar-refractivity contribution in [3.05, 3.63) is 36.2 Å². The minimum absolute atomic E-state index is 0.0701. The number of likely N-dealkylation sites (tertiary alicyclic amines) is 1. The highest BCUT2D eigenvalue weighted by Gasteiger charge is 2.38. The van der Waals surface area contributed by atoms with Crippen molar-refractivity contribution in [3.8, 4) is 5.82 Å². The topological polar surface area (TPSA) is 114 Å². The molecule has 0 unspecified atom stereocenters. The Kier molecular flexibility index (Phi) is 7.63. The average Bonchev–Trinajstić information content (AvgIpc) is 3.49. The number of fused-ring (bicyclic) bond motifs is 1. The van der Waals surface area contributed by atoms with Crippen LogP contribution in [0.25, 0.3) is 16.9 Å². The Morgan fingerprint density at radius 2 is 1.89 bits per heavy atom. The van der Waals surface area contributed by atoms with Gasteiger partial charge in [-0.05, 0) is 50.5 Å². The summed E-state index contributed by atoms with van der Waals surface area (Å²) in [5, 5.41) is 6.52. The standard InChI is InChI=1S/C25H29F2N7O3S/c1-37-25(36)30-17-11-12-33(23(17)35)15-9-7-14(8-10-15)28-19-13-20(32-24(31-19)38-2)34-18-6-4-3-5-16(18)29-22(34)21(26)27/h3-6,13-15,17,21H,7-12H2,1-2H3,(H,30,36)(H,28,31,32)/t14-,15-,17-/m0/s1. The van der Waals surface area contributed by atoms with Crippen molar-refractivity contribution >= 4 is 40.6 Å². The molecular weight excluding hydrogens is 516 g/mol. The Morgan fingerprint density at radius 3 is 2.61 bits per heavy atom. The number of carbonyl (C=O) groups excluding carboxylic acids is 2. The number of amides is 2. The summed E-state index contributed by atoms with van der Waals surface area (Å²) in [7, 11) is 1.28. The van der Waals surface area contributed by atoms with Gasteiger partial charge in [0.1, 0.15) is 17.7 Å². The number of halogens is 2. The van der Waals surface area contributed by atoms with Crippen LogP contribution >= 0.6 is 11.8 Å². The molecule has 2 N–H and O–H groups in total. The lowest BCUT2D eigenvalue weighted by atomic mass is 9.90. The Balaban J connectivity index is 1.30. The largest absolute Gasteiger partial charge is 0.453 e. The summed E-state index contributed by atoms with van der Waals surface area (Å²) in [4.78, 5) is 39.4. The summed E-state index contributed by atoms with van der Waals surface area (Å²) >= 11 is 1.33. The van der Waals surface area contributed by atoms with Crippen LogP contribution in [0.15, 0.2) is 35.5 Å². The molecule has 2 aromatic heterocycles. The molecule has 1 aromatic carbocycles. The average molecular weight is 546 g/mol. The van der Waals surface area contributed by atoms with Gasteiger partial charge in [0.25, 0.3) is 6.43 Å². The maximum absolute atomic E-state index is 13.9. The Hall–Kier alpha value is -3.48. The van der Waals surface area contributed by atoms with Gasteiger partial charge < -0.3 is 20.3 Å². The minimum atomic E-state index is -2.77. The van der Waals surface area contributed by atoms with Gasteiger partial charge in [0.15, 0.2) is 11.0 Å². The number of alkyl halides is 2. The van der Waals surface area contributed by atoms with E-state index >= 15 is 0 Å². The molecule has 1 saturated carbocycles. The fourth-order valence-electron chi connectivity index (χ4n) is 5.27. The zero-order valence-corrected chi connectivity index (χ0v) is 21.9. The zero-order valence-electron chi connectivity index (χ0n) is 21.1. The number of alkyl carbamates (subject to hydrolysis) is 1. The predicted molar refractivity (Wildman–Crippen MR) is 139 cm³/mol. The number of aromatic nitrogens is 4. The van der Waals surface area contributed by atoms with Crippen LogP contribution in [0.3, 0.4) is 0 Å². The first kappa shape index (κ1) is 26.1. The highest BCUT2D eigenvalue weighted by molar-refractivity contribution is 7.98. The number of rotatable bonds is 7. The van der Waals surface area contributed by atoms with E-state index in [2.05, 4.69) is 30.3 Å². The van der Waals surface area contributed by atoms with Crippen molar-refractivity contribution in [3.63, 3.8) is 0 Å². The van der Waals surface area contributed by atoms with Crippen molar-refractivity contribution in [2.75, 3.05) is 25.2 Å². The van der Waals surface area contributed by atoms with Gasteiger partial charge >= 0.3 is 6.09 Å². The van der Waals surface area contributed by atoms with Crippen LogP contribution in [0.5, 0.6) is 0 Å². The molecule has 0 spiro atoms. The molecule has 10 nitrogen and oxygen atoms in total. The molecule has 1 atom stereocenters. The van der Waals surface area contributed by atoms with Crippen LogP contribution in [0.2, 0.25) is 0 Å². The van der Waals surface area contributed by atoms with Crippen LogP contribution in [-0.2, 0) is 9.53 Å². The van der Waals surface area contributed by atoms with E-state index in [0.29, 0.717) is 40.8 Å². The van der Waals surface area contributed by atoms with Crippen molar-refractivity contribution < 1.29 is 23.1 Å². The van der Waals surface area contributed by atoms with Gasteiger partial charge in [-0.2, -0.15) is 0 Å². The van der Waals surface area contributed by atoms with Crippen molar-refractivity contribution in [2.45, 2.75) is 61.8 Å². The third-order valence-electron chi connectivity index (χ3n) is 7.09. The smallest absolute Gasteiger partial charge is 0.407 e. The molecule has 3 heterocycles. The molecule has 202 valence electrons. The number of hydrogen-bond acceptors (Lipinski definition) is 8. The molecule has 1 aliphatic carbocycles. The molecule has 1 saturated heterocycles. The molecule has 5 rings (SSSR count). The predicted octanol–water partition coefficient (Wildman–Crippen LogP) is 4.16. The Morgan fingerprint density at radius 1 is 1.13 bits per heavy atom. The SMILES string of the molecule is COC(=O)N[C@H]1CCN([C@H]2CC[C@H](Nc3cc(-n4c(C(F)F)nc5ccccc54)nc(SC)n3)CC2)C1=O. The van der Waals surface area contributed by atoms with Crippen molar-refractivity contribution in [1.29, 1.82) is 0 Å². The number of anilines is 1. The normalized spacial score (nSPS) is 21.8. The highest BCUT2D eigenvalue weighted by atomic mass is 32.2. The van der Waals surface area contributed by atoms with Crippen molar-refractivity contribution in [1.82, 2.24) is 29.7 Å². The van der Waals surface area contributed by atoms with E-state index in [-0.39, 0.29) is 23.8 Å². The molecule has 13 heteroatoms. The van der Waals surface area contributed by atoms with Gasteiger partial charge in [-0.3, -0.25) is 9.36 Å². The summed E-state index contributed by atoms with van der Waals surface area (Å²) in [6.45, 7) is 0.605. The monoisotopic (exact) mass is 545 g/mol. The molecule has 0 bridgehead atoms. The van der Waals surface area contributed by atoms with E-state index in [1.54, 1.807) is 30.3 Å². The third kappa shape index (κ3) is 5.24. The summed E-state index contributed by atoms with van der Waals surface area (Å²) in [6.07, 6.45) is 2.28. The van der Waals surface area contributed by atoms with Crippen LogP contribution in [0.1, 0.15) is 44.4 Å². The lowest BCUT2D eigenvalue weighted by Crippen LogP contribution is -2.46. The molecule has 3 aromatic rings. The molecule has 38 heavy (non-hydrogen) atoms. The van der Waals surface area contributed by atoms with Gasteiger partial charge in [0, 0.05) is 24.7 Å². The van der Waals surface area contributed by atoms with Crippen LogP contribution < -0.4 is 10.6 Å². The van der Waals surface area contributed by atoms with E-state index in [1.165, 1.54) is 23.4 Å². The van der Waals surface area contributed by atoms with Gasteiger partial charge in [-0.1, -0.05) is 23.9 Å². The first-order valence-corrected chi connectivity index (χ1v) is 13.7. The number of carbonyl (C=O) groups is 2. The number of benzene rings is 1. The molecule has 2 amide bonds. The number of para-hydroxylation sites is 2. The molecule has 2 aliphatic rings. The van der Waals surface area contributed by atoms with Crippen LogP contribution in [0, 0.1) is 0 Å². The van der Waals surface area contributed by atoms with Crippen LogP contribution in [-0.4, -0.2) is 74.5 Å². The fraction of sp³-hybridized carbons (Fsp3) is 0.480. The zero-order chi connectivity index (χ0) is 26.8.